The molecule has 2 aliphatic rings. The summed E-state index contributed by atoms with van der Waals surface area (Å²) in [4.78, 5) is 0. The van der Waals surface area contributed by atoms with E-state index in [1.54, 1.807) is 0 Å². The lowest BCUT2D eigenvalue weighted by atomic mass is 10.1. The van der Waals surface area contributed by atoms with Crippen molar-refractivity contribution in [2.24, 2.45) is 11.8 Å². The van der Waals surface area contributed by atoms with Crippen LogP contribution in [-0.2, 0) is 0 Å². The first kappa shape index (κ1) is 10.5. The molecule has 1 heteroatoms. The van der Waals surface area contributed by atoms with Crippen molar-refractivity contribution in [3.63, 3.8) is 0 Å². The van der Waals surface area contributed by atoms with Crippen molar-refractivity contribution in [3.05, 3.63) is 0 Å². The fourth-order valence-corrected chi connectivity index (χ4v) is 2.73. The third-order valence-electron chi connectivity index (χ3n) is 4.04. The average molecular weight is 195 g/mol. The molecule has 1 nitrogen and oxygen atoms in total. The van der Waals surface area contributed by atoms with E-state index < -0.39 is 0 Å². The van der Waals surface area contributed by atoms with Crippen molar-refractivity contribution in [1.29, 1.82) is 0 Å². The molecular weight excluding hydrogens is 170 g/mol. The van der Waals surface area contributed by atoms with E-state index in [1.807, 2.05) is 0 Å². The number of nitrogens with one attached hydrogen (secondary N) is 1. The van der Waals surface area contributed by atoms with Crippen LogP contribution in [0.5, 0.6) is 0 Å². The van der Waals surface area contributed by atoms with E-state index >= 15 is 0 Å². The van der Waals surface area contributed by atoms with E-state index in [9.17, 15) is 0 Å². The Bertz CT molecular complexity index is 163. The van der Waals surface area contributed by atoms with E-state index in [4.69, 9.17) is 0 Å². The van der Waals surface area contributed by atoms with Gasteiger partial charge in [-0.1, -0.05) is 26.2 Å². The Morgan fingerprint density at radius 2 is 1.86 bits per heavy atom. The molecule has 0 aliphatic heterocycles. The first-order valence-electron chi connectivity index (χ1n) is 6.62. The Hall–Kier alpha value is -0.0400. The lowest BCUT2D eigenvalue weighted by Crippen LogP contribution is -2.27. The zero-order chi connectivity index (χ0) is 9.80. The molecule has 2 fully saturated rings. The predicted molar refractivity (Wildman–Crippen MR) is 61.4 cm³/mol. The minimum Gasteiger partial charge on any atom is -0.314 e. The van der Waals surface area contributed by atoms with Gasteiger partial charge in [0.15, 0.2) is 0 Å². The van der Waals surface area contributed by atoms with Gasteiger partial charge in [-0.05, 0) is 50.5 Å². The van der Waals surface area contributed by atoms with Gasteiger partial charge in [-0.25, -0.2) is 0 Å². The van der Waals surface area contributed by atoms with Gasteiger partial charge in [0.05, 0.1) is 0 Å². The molecule has 1 N–H and O–H groups in total. The summed E-state index contributed by atoms with van der Waals surface area (Å²) in [5, 5.41) is 3.73. The fourth-order valence-electron chi connectivity index (χ4n) is 2.73. The topological polar surface area (TPSA) is 12.0 Å². The van der Waals surface area contributed by atoms with Gasteiger partial charge in [-0.3, -0.25) is 0 Å². The molecule has 0 aromatic rings. The van der Waals surface area contributed by atoms with Crippen molar-refractivity contribution in [2.45, 2.75) is 64.3 Å². The van der Waals surface area contributed by atoms with Crippen LogP contribution in [0, 0.1) is 11.8 Å². The summed E-state index contributed by atoms with van der Waals surface area (Å²) in [6.07, 6.45) is 11.7. The van der Waals surface area contributed by atoms with E-state index in [0.717, 1.165) is 17.9 Å². The molecule has 14 heavy (non-hydrogen) atoms. The molecule has 0 amide bonds. The molecule has 0 bridgehead atoms. The smallest absolute Gasteiger partial charge is 0.00698 e. The largest absolute Gasteiger partial charge is 0.314 e. The van der Waals surface area contributed by atoms with Gasteiger partial charge in [-0.2, -0.15) is 0 Å². The molecule has 2 aliphatic carbocycles. The lowest BCUT2D eigenvalue weighted by molar-refractivity contribution is 0.466. The van der Waals surface area contributed by atoms with Gasteiger partial charge in [-0.15, -0.1) is 0 Å². The van der Waals surface area contributed by atoms with Crippen LogP contribution in [0.3, 0.4) is 0 Å². The third-order valence-corrected chi connectivity index (χ3v) is 4.04. The molecular formula is C13H25N. The highest BCUT2D eigenvalue weighted by atomic mass is 14.9. The summed E-state index contributed by atoms with van der Waals surface area (Å²) in [6, 6.07) is 0.860. The first-order valence-corrected chi connectivity index (χ1v) is 6.62. The lowest BCUT2D eigenvalue weighted by Gasteiger charge is -2.12. The molecule has 2 unspecified atom stereocenters. The molecule has 0 heterocycles. The van der Waals surface area contributed by atoms with Gasteiger partial charge >= 0.3 is 0 Å². The van der Waals surface area contributed by atoms with E-state index in [0.29, 0.717) is 0 Å². The zero-order valence-corrected chi connectivity index (χ0v) is 9.60. The molecule has 2 atom stereocenters. The Labute approximate surface area is 88.7 Å². The van der Waals surface area contributed by atoms with Crippen LogP contribution in [0.4, 0.5) is 0 Å². The Morgan fingerprint density at radius 3 is 2.50 bits per heavy atom. The van der Waals surface area contributed by atoms with Crippen LogP contribution < -0.4 is 5.32 Å². The summed E-state index contributed by atoms with van der Waals surface area (Å²) in [7, 11) is 0. The summed E-state index contributed by atoms with van der Waals surface area (Å²) in [5.74, 6) is 2.14. The van der Waals surface area contributed by atoms with E-state index in [1.165, 1.54) is 57.9 Å². The quantitative estimate of drug-likeness (QED) is 0.641. The van der Waals surface area contributed by atoms with E-state index in [-0.39, 0.29) is 0 Å². The van der Waals surface area contributed by atoms with Crippen molar-refractivity contribution in [2.75, 3.05) is 6.54 Å². The van der Waals surface area contributed by atoms with Gasteiger partial charge in [0.1, 0.15) is 0 Å². The minimum absolute atomic E-state index is 0.860. The summed E-state index contributed by atoms with van der Waals surface area (Å²) < 4.78 is 0. The van der Waals surface area contributed by atoms with Crippen LogP contribution in [0.15, 0.2) is 0 Å². The highest BCUT2D eigenvalue weighted by molar-refractivity contribution is 4.80. The fraction of sp³-hybridized carbons (Fsp3) is 1.00. The molecule has 82 valence electrons. The predicted octanol–water partition coefficient (Wildman–Crippen LogP) is 3.34. The van der Waals surface area contributed by atoms with Crippen molar-refractivity contribution in [3.8, 4) is 0 Å². The average Bonchev–Trinajstić information content (AvgIpc) is 2.91. The second-order valence-corrected chi connectivity index (χ2v) is 5.32. The number of hydrogen-bond acceptors (Lipinski definition) is 1. The van der Waals surface area contributed by atoms with Crippen LogP contribution >= 0.6 is 0 Å². The first-order chi connectivity index (χ1) is 6.88. The maximum atomic E-state index is 3.73. The SMILES string of the molecule is CCC1CCC(NCCCC2CC2)C1. The van der Waals surface area contributed by atoms with Gasteiger partial charge in [0, 0.05) is 6.04 Å². The highest BCUT2D eigenvalue weighted by Gasteiger charge is 2.23. The van der Waals surface area contributed by atoms with Crippen molar-refractivity contribution in [1.82, 2.24) is 5.32 Å². The van der Waals surface area contributed by atoms with Crippen molar-refractivity contribution < 1.29 is 0 Å². The molecule has 2 rings (SSSR count). The second-order valence-electron chi connectivity index (χ2n) is 5.32. The molecule has 0 aromatic carbocycles. The molecule has 0 aromatic heterocycles. The van der Waals surface area contributed by atoms with Crippen LogP contribution in [0.1, 0.15) is 58.3 Å². The van der Waals surface area contributed by atoms with Gasteiger partial charge in [0.2, 0.25) is 0 Å². The van der Waals surface area contributed by atoms with Gasteiger partial charge in [0.25, 0.3) is 0 Å². The summed E-state index contributed by atoms with van der Waals surface area (Å²) >= 11 is 0. The molecule has 2 saturated carbocycles. The number of rotatable bonds is 6. The molecule has 0 spiro atoms. The van der Waals surface area contributed by atoms with Crippen LogP contribution in [0.25, 0.3) is 0 Å². The zero-order valence-electron chi connectivity index (χ0n) is 9.60. The van der Waals surface area contributed by atoms with Gasteiger partial charge < -0.3 is 5.32 Å². The molecule has 0 saturated heterocycles. The van der Waals surface area contributed by atoms with Crippen LogP contribution in [-0.4, -0.2) is 12.6 Å². The summed E-state index contributed by atoms with van der Waals surface area (Å²) in [5.41, 5.74) is 0. The maximum absolute atomic E-state index is 3.73. The Morgan fingerprint density at radius 1 is 1.07 bits per heavy atom. The van der Waals surface area contributed by atoms with Crippen molar-refractivity contribution >= 4 is 0 Å². The Balaban J connectivity index is 1.48. The number of hydrogen-bond donors (Lipinski definition) is 1. The standard InChI is InChI=1S/C13H25N/c1-2-11-7-8-13(10-11)14-9-3-4-12-5-6-12/h11-14H,2-10H2,1H3. The minimum atomic E-state index is 0.860. The molecule has 0 radical (unpaired) electrons. The highest BCUT2D eigenvalue weighted by Crippen LogP contribution is 2.33. The monoisotopic (exact) mass is 195 g/mol. The second kappa shape index (κ2) is 5.16. The third kappa shape index (κ3) is 3.27. The normalized spacial score (nSPS) is 32.4. The van der Waals surface area contributed by atoms with Crippen LogP contribution in [0.2, 0.25) is 0 Å². The van der Waals surface area contributed by atoms with E-state index in [2.05, 4.69) is 12.2 Å². The maximum Gasteiger partial charge on any atom is 0.00698 e. The summed E-state index contributed by atoms with van der Waals surface area (Å²) in [6.45, 7) is 3.61. The Kier molecular flexibility index (Phi) is 3.86.